The van der Waals surface area contributed by atoms with Crippen molar-refractivity contribution in [1.82, 2.24) is 10.2 Å². The molecular weight excluding hydrogens is 344 g/mol. The summed E-state index contributed by atoms with van der Waals surface area (Å²) in [6, 6.07) is 14.0. The number of nitrogens with one attached hydrogen (secondary N) is 1. The van der Waals surface area contributed by atoms with Crippen molar-refractivity contribution in [3.63, 3.8) is 0 Å². The lowest BCUT2D eigenvalue weighted by Gasteiger charge is -2.00. The molecule has 3 aromatic rings. The Kier molecular flexibility index (Phi) is 4.57. The summed E-state index contributed by atoms with van der Waals surface area (Å²) in [5, 5.41) is 21.4. The normalized spacial score (nSPS) is 10.2. The maximum absolute atomic E-state index is 12.0. The fraction of sp³-hybridized carbons (Fsp3) is 0. The van der Waals surface area contributed by atoms with Gasteiger partial charge >= 0.3 is 0 Å². The minimum absolute atomic E-state index is 0.0717. The summed E-state index contributed by atoms with van der Waals surface area (Å²) >= 11 is 1.02. The molecule has 0 fully saturated rings. The number of carbonyl (C=O) groups excluding carboxylic acids is 2. The SMILES string of the molecule is O=C(Nc1nnc(-c2cccc([N+](=O)[O-])c2)s1)C(=O)c1ccccc1. The van der Waals surface area contributed by atoms with Crippen molar-refractivity contribution in [2.45, 2.75) is 0 Å². The van der Waals surface area contributed by atoms with Crippen LogP contribution in [0.2, 0.25) is 0 Å². The standard InChI is InChI=1S/C16H10N4O4S/c21-13(10-5-2-1-3-6-10)14(22)17-16-19-18-15(25-16)11-7-4-8-12(9-11)20(23)24/h1-9H,(H,17,19,22). The number of amides is 1. The molecule has 0 saturated carbocycles. The second kappa shape index (κ2) is 6.97. The van der Waals surface area contributed by atoms with E-state index in [2.05, 4.69) is 15.5 Å². The van der Waals surface area contributed by atoms with Gasteiger partial charge in [0.1, 0.15) is 5.01 Å². The van der Waals surface area contributed by atoms with Crippen molar-refractivity contribution in [1.29, 1.82) is 0 Å². The first-order chi connectivity index (χ1) is 12.0. The van der Waals surface area contributed by atoms with Crippen LogP contribution in [0.5, 0.6) is 0 Å². The molecule has 0 aliphatic carbocycles. The van der Waals surface area contributed by atoms with E-state index in [0.29, 0.717) is 10.6 Å². The third kappa shape index (κ3) is 3.72. The van der Waals surface area contributed by atoms with E-state index in [9.17, 15) is 19.7 Å². The van der Waals surface area contributed by atoms with Gasteiger partial charge in [0.2, 0.25) is 5.13 Å². The number of anilines is 1. The van der Waals surface area contributed by atoms with Crippen LogP contribution in [0.3, 0.4) is 0 Å². The van der Waals surface area contributed by atoms with E-state index in [4.69, 9.17) is 0 Å². The third-order valence-corrected chi connectivity index (χ3v) is 4.08. The zero-order valence-electron chi connectivity index (χ0n) is 12.6. The van der Waals surface area contributed by atoms with Gasteiger partial charge in [0.25, 0.3) is 17.4 Å². The number of nitro benzene ring substituents is 1. The van der Waals surface area contributed by atoms with E-state index >= 15 is 0 Å². The average molecular weight is 354 g/mol. The van der Waals surface area contributed by atoms with Crippen LogP contribution in [0.4, 0.5) is 10.8 Å². The highest BCUT2D eigenvalue weighted by Gasteiger charge is 2.18. The van der Waals surface area contributed by atoms with Gasteiger partial charge in [-0.25, -0.2) is 0 Å². The average Bonchev–Trinajstić information content (AvgIpc) is 3.10. The molecule has 0 bridgehead atoms. The van der Waals surface area contributed by atoms with Gasteiger partial charge in [-0.1, -0.05) is 53.8 Å². The highest BCUT2D eigenvalue weighted by atomic mass is 32.1. The number of non-ortho nitro benzene ring substituents is 1. The Morgan fingerprint density at radius 2 is 1.80 bits per heavy atom. The maximum atomic E-state index is 12.0. The zero-order chi connectivity index (χ0) is 17.8. The Balaban J connectivity index is 1.76. The number of carbonyl (C=O) groups is 2. The predicted molar refractivity (Wildman–Crippen MR) is 91.4 cm³/mol. The van der Waals surface area contributed by atoms with E-state index < -0.39 is 16.6 Å². The summed E-state index contributed by atoms with van der Waals surface area (Å²) in [5.74, 6) is -1.51. The molecule has 1 heterocycles. The molecule has 2 aromatic carbocycles. The van der Waals surface area contributed by atoms with Gasteiger partial charge in [0, 0.05) is 23.3 Å². The molecule has 0 spiro atoms. The minimum atomic E-state index is -0.826. The minimum Gasteiger partial charge on any atom is -0.293 e. The van der Waals surface area contributed by atoms with Crippen molar-refractivity contribution in [3.05, 3.63) is 70.3 Å². The van der Waals surface area contributed by atoms with E-state index in [1.54, 1.807) is 24.3 Å². The molecule has 124 valence electrons. The van der Waals surface area contributed by atoms with Crippen LogP contribution in [0.25, 0.3) is 10.6 Å². The van der Waals surface area contributed by atoms with Crippen LogP contribution in [0, 0.1) is 10.1 Å². The second-order valence-electron chi connectivity index (χ2n) is 4.87. The van der Waals surface area contributed by atoms with Crippen LogP contribution < -0.4 is 5.32 Å². The Labute approximate surface area is 145 Å². The number of ketones is 1. The summed E-state index contributed by atoms with van der Waals surface area (Å²) in [5.41, 5.74) is 0.697. The smallest absolute Gasteiger partial charge is 0.293 e. The molecule has 25 heavy (non-hydrogen) atoms. The number of nitro groups is 1. The van der Waals surface area contributed by atoms with Gasteiger partial charge in [0.05, 0.1) is 4.92 Å². The fourth-order valence-electron chi connectivity index (χ4n) is 2.02. The van der Waals surface area contributed by atoms with Gasteiger partial charge in [-0.2, -0.15) is 0 Å². The highest BCUT2D eigenvalue weighted by Crippen LogP contribution is 2.28. The van der Waals surface area contributed by atoms with Crippen molar-refractivity contribution in [2.24, 2.45) is 0 Å². The van der Waals surface area contributed by atoms with Crippen molar-refractivity contribution in [2.75, 3.05) is 5.32 Å². The number of hydrogen-bond acceptors (Lipinski definition) is 7. The monoisotopic (exact) mass is 354 g/mol. The van der Waals surface area contributed by atoms with E-state index in [1.807, 2.05) is 0 Å². The van der Waals surface area contributed by atoms with Gasteiger partial charge < -0.3 is 0 Å². The topological polar surface area (TPSA) is 115 Å². The third-order valence-electron chi connectivity index (χ3n) is 3.19. The molecule has 1 amide bonds. The summed E-state index contributed by atoms with van der Waals surface area (Å²) in [7, 11) is 0. The lowest BCUT2D eigenvalue weighted by molar-refractivity contribution is -0.384. The predicted octanol–water partition coefficient (Wildman–Crippen LogP) is 2.93. The number of hydrogen-bond donors (Lipinski definition) is 1. The number of aromatic nitrogens is 2. The van der Waals surface area contributed by atoms with E-state index in [1.165, 1.54) is 30.3 Å². The fourth-order valence-corrected chi connectivity index (χ4v) is 2.75. The number of nitrogens with zero attached hydrogens (tertiary/aromatic N) is 3. The second-order valence-corrected chi connectivity index (χ2v) is 5.85. The van der Waals surface area contributed by atoms with Gasteiger partial charge in [0.15, 0.2) is 0 Å². The van der Waals surface area contributed by atoms with Crippen LogP contribution in [0.15, 0.2) is 54.6 Å². The highest BCUT2D eigenvalue weighted by molar-refractivity contribution is 7.18. The molecule has 0 aliphatic rings. The van der Waals surface area contributed by atoms with E-state index in [0.717, 1.165) is 11.3 Å². The number of benzene rings is 2. The number of rotatable bonds is 5. The quantitative estimate of drug-likeness (QED) is 0.326. The van der Waals surface area contributed by atoms with Crippen LogP contribution in [0.1, 0.15) is 10.4 Å². The number of Topliss-reactive ketones (excluding diaryl/α,β-unsaturated/α-hetero) is 1. The molecule has 0 unspecified atom stereocenters. The van der Waals surface area contributed by atoms with Gasteiger partial charge in [-0.3, -0.25) is 25.0 Å². The van der Waals surface area contributed by atoms with Gasteiger partial charge in [-0.15, -0.1) is 10.2 Å². The molecule has 0 aliphatic heterocycles. The maximum Gasteiger partial charge on any atom is 0.298 e. The summed E-state index contributed by atoms with van der Waals surface area (Å²) < 4.78 is 0. The Morgan fingerprint density at radius 3 is 2.52 bits per heavy atom. The molecule has 3 rings (SSSR count). The van der Waals surface area contributed by atoms with Crippen LogP contribution in [-0.4, -0.2) is 26.8 Å². The summed E-state index contributed by atoms with van der Waals surface area (Å²) in [6.07, 6.45) is 0. The molecule has 9 heteroatoms. The largest absolute Gasteiger partial charge is 0.298 e. The van der Waals surface area contributed by atoms with Crippen molar-refractivity contribution in [3.8, 4) is 10.6 Å². The molecular formula is C16H10N4O4S. The van der Waals surface area contributed by atoms with Crippen LogP contribution in [-0.2, 0) is 4.79 Å². The van der Waals surface area contributed by atoms with Crippen molar-refractivity contribution >= 4 is 33.8 Å². The Hall–Kier alpha value is -3.46. The summed E-state index contributed by atoms with van der Waals surface area (Å²) in [4.78, 5) is 34.3. The van der Waals surface area contributed by atoms with Crippen molar-refractivity contribution < 1.29 is 14.5 Å². The Bertz CT molecular complexity index is 956. The Morgan fingerprint density at radius 1 is 1.04 bits per heavy atom. The van der Waals surface area contributed by atoms with Crippen LogP contribution >= 0.6 is 11.3 Å². The summed E-state index contributed by atoms with van der Waals surface area (Å²) in [6.45, 7) is 0. The molecule has 1 N–H and O–H groups in total. The molecule has 8 nitrogen and oxygen atoms in total. The zero-order valence-corrected chi connectivity index (χ0v) is 13.4. The first-order valence-electron chi connectivity index (χ1n) is 7.03. The first kappa shape index (κ1) is 16.4. The molecule has 0 radical (unpaired) electrons. The molecule has 0 saturated heterocycles. The van der Waals surface area contributed by atoms with E-state index in [-0.39, 0.29) is 16.4 Å². The molecule has 0 atom stereocenters. The molecule has 1 aromatic heterocycles. The lowest BCUT2D eigenvalue weighted by Crippen LogP contribution is -2.22. The van der Waals surface area contributed by atoms with Gasteiger partial charge in [-0.05, 0) is 0 Å². The first-order valence-corrected chi connectivity index (χ1v) is 7.85. The lowest BCUT2D eigenvalue weighted by atomic mass is 10.1.